The van der Waals surface area contributed by atoms with Gasteiger partial charge in [0.25, 0.3) is 0 Å². The monoisotopic (exact) mass is 386 g/mol. The lowest BCUT2D eigenvalue weighted by Gasteiger charge is -2.34. The molecule has 1 saturated heterocycles. The van der Waals surface area contributed by atoms with Gasteiger partial charge in [-0.2, -0.15) is 0 Å². The first-order valence-corrected chi connectivity index (χ1v) is 10.4. The molecule has 3 rings (SSSR count). The zero-order valence-electron chi connectivity index (χ0n) is 16.5. The van der Waals surface area contributed by atoms with Crippen molar-refractivity contribution in [1.82, 2.24) is 20.5 Å². The number of pyridine rings is 1. The maximum atomic E-state index is 4.65. The summed E-state index contributed by atoms with van der Waals surface area (Å²) in [7, 11) is 3.99. The van der Waals surface area contributed by atoms with E-state index in [9.17, 15) is 0 Å². The van der Waals surface area contributed by atoms with Crippen LogP contribution in [0.4, 0.5) is 5.82 Å². The number of aliphatic imine (C=N–C) groups is 1. The van der Waals surface area contributed by atoms with Crippen LogP contribution in [0, 0.1) is 0 Å². The molecule has 2 aromatic rings. The SMILES string of the molecule is CN=C(NCc1cccnc1N1CCN(C)CC1)NCC(C)c1cccs1. The van der Waals surface area contributed by atoms with Crippen LogP contribution in [0.25, 0.3) is 0 Å². The zero-order valence-corrected chi connectivity index (χ0v) is 17.3. The highest BCUT2D eigenvalue weighted by atomic mass is 32.1. The third-order valence-corrected chi connectivity index (χ3v) is 6.05. The fourth-order valence-electron chi connectivity index (χ4n) is 3.19. The lowest BCUT2D eigenvalue weighted by Crippen LogP contribution is -2.45. The number of piperazine rings is 1. The average molecular weight is 387 g/mol. The van der Waals surface area contributed by atoms with Crippen LogP contribution in [0.2, 0.25) is 0 Å². The van der Waals surface area contributed by atoms with Crippen molar-refractivity contribution in [1.29, 1.82) is 0 Å². The Bertz CT molecular complexity index is 722. The van der Waals surface area contributed by atoms with E-state index in [2.05, 4.69) is 68.0 Å². The molecule has 27 heavy (non-hydrogen) atoms. The predicted molar refractivity (Wildman–Crippen MR) is 115 cm³/mol. The van der Waals surface area contributed by atoms with E-state index < -0.39 is 0 Å². The molecular formula is C20H30N6S. The van der Waals surface area contributed by atoms with Crippen LogP contribution < -0.4 is 15.5 Å². The van der Waals surface area contributed by atoms with Gasteiger partial charge in [0, 0.05) is 68.9 Å². The first-order chi connectivity index (χ1) is 13.2. The summed E-state index contributed by atoms with van der Waals surface area (Å²) in [4.78, 5) is 15.1. The van der Waals surface area contributed by atoms with E-state index in [4.69, 9.17) is 0 Å². The second kappa shape index (κ2) is 9.71. The molecule has 146 valence electrons. The topological polar surface area (TPSA) is 55.8 Å². The van der Waals surface area contributed by atoms with Gasteiger partial charge in [0.15, 0.2) is 5.96 Å². The second-order valence-electron chi connectivity index (χ2n) is 7.00. The highest BCUT2D eigenvalue weighted by molar-refractivity contribution is 7.10. The van der Waals surface area contributed by atoms with Gasteiger partial charge in [-0.25, -0.2) is 4.98 Å². The second-order valence-corrected chi connectivity index (χ2v) is 7.98. The Hall–Kier alpha value is -2.12. The molecule has 3 heterocycles. The molecule has 1 unspecified atom stereocenters. The molecule has 1 atom stereocenters. The molecule has 1 fully saturated rings. The van der Waals surface area contributed by atoms with Gasteiger partial charge in [-0.05, 0) is 24.6 Å². The summed E-state index contributed by atoms with van der Waals surface area (Å²) >= 11 is 1.80. The van der Waals surface area contributed by atoms with Crippen LogP contribution >= 0.6 is 11.3 Å². The molecule has 6 nitrogen and oxygen atoms in total. The summed E-state index contributed by atoms with van der Waals surface area (Å²) in [6.07, 6.45) is 1.88. The van der Waals surface area contributed by atoms with E-state index in [0.29, 0.717) is 12.5 Å². The third-order valence-electron chi connectivity index (χ3n) is 4.94. The first-order valence-electron chi connectivity index (χ1n) is 9.52. The molecule has 0 aliphatic carbocycles. The van der Waals surface area contributed by atoms with Crippen LogP contribution in [0.15, 0.2) is 40.8 Å². The fraction of sp³-hybridized carbons (Fsp3) is 0.500. The van der Waals surface area contributed by atoms with Crippen LogP contribution in [-0.4, -0.2) is 62.7 Å². The van der Waals surface area contributed by atoms with E-state index in [1.54, 1.807) is 11.3 Å². The Morgan fingerprint density at radius 1 is 1.22 bits per heavy atom. The molecule has 1 aliphatic heterocycles. The van der Waals surface area contributed by atoms with Crippen molar-refractivity contribution in [3.63, 3.8) is 0 Å². The zero-order chi connectivity index (χ0) is 19.1. The van der Waals surface area contributed by atoms with Crippen molar-refractivity contribution in [2.75, 3.05) is 51.7 Å². The normalized spacial score (nSPS) is 17.0. The Labute approximate surface area is 166 Å². The Morgan fingerprint density at radius 2 is 2.04 bits per heavy atom. The van der Waals surface area contributed by atoms with Gasteiger partial charge in [-0.3, -0.25) is 4.99 Å². The van der Waals surface area contributed by atoms with Gasteiger partial charge < -0.3 is 20.4 Å². The lowest BCUT2D eigenvalue weighted by atomic mass is 10.1. The minimum Gasteiger partial charge on any atom is -0.356 e. The maximum Gasteiger partial charge on any atom is 0.191 e. The van der Waals surface area contributed by atoms with Gasteiger partial charge >= 0.3 is 0 Å². The molecule has 0 bridgehead atoms. The first kappa shape index (κ1) is 19.6. The Kier molecular flexibility index (Phi) is 7.06. The Balaban J connectivity index is 1.55. The number of nitrogens with one attached hydrogen (secondary N) is 2. The summed E-state index contributed by atoms with van der Waals surface area (Å²) in [6.45, 7) is 8.00. The maximum absolute atomic E-state index is 4.65. The Morgan fingerprint density at radius 3 is 2.74 bits per heavy atom. The largest absolute Gasteiger partial charge is 0.356 e. The molecular weight excluding hydrogens is 356 g/mol. The summed E-state index contributed by atoms with van der Waals surface area (Å²) in [6, 6.07) is 8.44. The summed E-state index contributed by atoms with van der Waals surface area (Å²) in [5, 5.41) is 9.00. The number of likely N-dealkylation sites (N-methyl/N-ethyl adjacent to an activating group) is 1. The van der Waals surface area contributed by atoms with Crippen LogP contribution in [0.1, 0.15) is 23.3 Å². The van der Waals surface area contributed by atoms with E-state index in [1.807, 2.05) is 19.3 Å². The van der Waals surface area contributed by atoms with Crippen molar-refractivity contribution < 1.29 is 0 Å². The molecule has 0 radical (unpaired) electrons. The molecule has 7 heteroatoms. The number of nitrogens with zero attached hydrogens (tertiary/aromatic N) is 4. The summed E-state index contributed by atoms with van der Waals surface area (Å²) in [5.41, 5.74) is 1.20. The summed E-state index contributed by atoms with van der Waals surface area (Å²) < 4.78 is 0. The standard InChI is InChI=1S/C20H30N6S/c1-16(18-7-5-13-27-18)14-23-20(21-2)24-15-17-6-4-8-22-19(17)26-11-9-25(3)10-12-26/h4-8,13,16H,9-12,14-15H2,1-3H3,(H2,21,23,24). The molecule has 0 aromatic carbocycles. The number of rotatable bonds is 6. The molecule has 0 spiro atoms. The predicted octanol–water partition coefficient (Wildman–Crippen LogP) is 2.36. The lowest BCUT2D eigenvalue weighted by molar-refractivity contribution is 0.312. The third kappa shape index (κ3) is 5.43. The number of thiophene rings is 1. The molecule has 0 amide bonds. The summed E-state index contributed by atoms with van der Waals surface area (Å²) in [5.74, 6) is 2.37. The van der Waals surface area contributed by atoms with E-state index in [1.165, 1.54) is 10.4 Å². The van der Waals surface area contributed by atoms with Crippen LogP contribution in [0.5, 0.6) is 0 Å². The van der Waals surface area contributed by atoms with E-state index in [-0.39, 0.29) is 0 Å². The van der Waals surface area contributed by atoms with Gasteiger partial charge in [-0.1, -0.05) is 19.1 Å². The quantitative estimate of drug-likeness (QED) is 0.590. The van der Waals surface area contributed by atoms with Crippen LogP contribution in [0.3, 0.4) is 0 Å². The van der Waals surface area contributed by atoms with Crippen molar-refractivity contribution in [2.45, 2.75) is 19.4 Å². The van der Waals surface area contributed by atoms with Crippen molar-refractivity contribution in [3.05, 3.63) is 46.3 Å². The minimum atomic E-state index is 0.461. The highest BCUT2D eigenvalue weighted by Crippen LogP contribution is 2.20. The van der Waals surface area contributed by atoms with Crippen molar-refractivity contribution in [3.8, 4) is 0 Å². The number of anilines is 1. The molecule has 2 N–H and O–H groups in total. The van der Waals surface area contributed by atoms with Gasteiger partial charge in [0.1, 0.15) is 5.82 Å². The van der Waals surface area contributed by atoms with Crippen molar-refractivity contribution >= 4 is 23.1 Å². The van der Waals surface area contributed by atoms with E-state index in [0.717, 1.165) is 44.5 Å². The number of hydrogen-bond acceptors (Lipinski definition) is 5. The van der Waals surface area contributed by atoms with E-state index >= 15 is 0 Å². The van der Waals surface area contributed by atoms with Crippen molar-refractivity contribution in [2.24, 2.45) is 4.99 Å². The molecule has 2 aromatic heterocycles. The fourth-order valence-corrected chi connectivity index (χ4v) is 3.98. The smallest absolute Gasteiger partial charge is 0.191 e. The van der Waals surface area contributed by atoms with Gasteiger partial charge in [-0.15, -0.1) is 11.3 Å². The minimum absolute atomic E-state index is 0.461. The molecule has 0 saturated carbocycles. The molecule has 1 aliphatic rings. The average Bonchev–Trinajstić information content (AvgIpc) is 3.24. The number of guanidine groups is 1. The van der Waals surface area contributed by atoms with Gasteiger partial charge in [0.05, 0.1) is 0 Å². The van der Waals surface area contributed by atoms with Crippen LogP contribution in [-0.2, 0) is 6.54 Å². The van der Waals surface area contributed by atoms with Gasteiger partial charge in [0.2, 0.25) is 0 Å². The number of aromatic nitrogens is 1. The number of hydrogen-bond donors (Lipinski definition) is 2. The highest BCUT2D eigenvalue weighted by Gasteiger charge is 2.18.